The number of aliphatic hydroxyl groups is 3. The molecule has 1 aliphatic rings. The van der Waals surface area contributed by atoms with E-state index in [1.54, 1.807) is 0 Å². The fourth-order valence-electron chi connectivity index (χ4n) is 5.51. The third-order valence-corrected chi connectivity index (χ3v) is 9.28. The smallest absolute Gasteiger partial charge is 0.306 e. The summed E-state index contributed by atoms with van der Waals surface area (Å²) in [6.45, 7) is 3.63. The van der Waals surface area contributed by atoms with Gasteiger partial charge in [-0.25, -0.2) is 0 Å². The molecule has 0 aromatic heterocycles. The maximum Gasteiger partial charge on any atom is 0.306 e. The van der Waals surface area contributed by atoms with Gasteiger partial charge in [0.15, 0.2) is 12.4 Å². The van der Waals surface area contributed by atoms with E-state index in [2.05, 4.69) is 38.2 Å². The van der Waals surface area contributed by atoms with Gasteiger partial charge >= 0.3 is 11.9 Å². The molecule has 0 aromatic carbocycles. The summed E-state index contributed by atoms with van der Waals surface area (Å²) in [6.07, 6.45) is 18.3. The van der Waals surface area contributed by atoms with E-state index in [1.165, 1.54) is 38.5 Å². The fourth-order valence-corrected chi connectivity index (χ4v) is 6.21. The van der Waals surface area contributed by atoms with Crippen LogP contribution in [0, 0.1) is 0 Å². The number of aliphatic hydroxyl groups excluding tert-OH is 3. The van der Waals surface area contributed by atoms with Crippen LogP contribution in [0.2, 0.25) is 0 Å². The molecule has 0 bridgehead atoms. The molecular weight excluding hydrogens is 668 g/mol. The van der Waals surface area contributed by atoms with Gasteiger partial charge in [-0.3, -0.25) is 14.1 Å². The predicted octanol–water partition coefficient (Wildman–Crippen LogP) is 6.11. The number of carbonyl (C=O) groups excluding carboxylic acids is 2. The zero-order valence-corrected chi connectivity index (χ0v) is 31.3. The molecule has 6 atom stereocenters. The Morgan fingerprint density at radius 3 is 1.82 bits per heavy atom. The second-order valence-corrected chi connectivity index (χ2v) is 14.7. The molecule has 0 spiro atoms. The highest BCUT2D eigenvalue weighted by Crippen LogP contribution is 2.24. The van der Waals surface area contributed by atoms with E-state index >= 15 is 0 Å². The second kappa shape index (κ2) is 28.7. The number of allylic oxidation sites excluding steroid dienone is 4. The quantitative estimate of drug-likeness (QED) is 0.0288. The number of carbonyl (C=O) groups is 2. The highest BCUT2D eigenvalue weighted by Gasteiger charge is 2.46. The van der Waals surface area contributed by atoms with Gasteiger partial charge in [0.05, 0.1) is 6.61 Å². The Morgan fingerprint density at radius 2 is 1.22 bits per heavy atom. The summed E-state index contributed by atoms with van der Waals surface area (Å²) < 4.78 is 53.7. The van der Waals surface area contributed by atoms with Gasteiger partial charge in [0.1, 0.15) is 36.8 Å². The molecule has 1 heterocycles. The molecule has 0 radical (unpaired) electrons. The van der Waals surface area contributed by atoms with Gasteiger partial charge in [-0.15, -0.1) is 0 Å². The maximum atomic E-state index is 12.7. The molecule has 0 amide bonds. The second-order valence-electron chi connectivity index (χ2n) is 13.2. The lowest BCUT2D eigenvalue weighted by molar-refractivity contribution is -0.297. The zero-order chi connectivity index (χ0) is 37.0. The van der Waals surface area contributed by atoms with Gasteiger partial charge in [0, 0.05) is 12.8 Å². The fraction of sp³-hybridized carbons (Fsp3) is 0.838. The molecule has 12 nitrogen and oxygen atoms in total. The topological polar surface area (TPSA) is 186 Å². The van der Waals surface area contributed by atoms with E-state index in [4.69, 9.17) is 18.9 Å². The van der Waals surface area contributed by atoms with Crippen molar-refractivity contribution in [3.63, 3.8) is 0 Å². The highest BCUT2D eigenvalue weighted by atomic mass is 32.2. The van der Waals surface area contributed by atoms with Crippen molar-refractivity contribution in [1.29, 1.82) is 0 Å². The van der Waals surface area contributed by atoms with Crippen LogP contribution in [0.25, 0.3) is 0 Å². The molecule has 13 heteroatoms. The molecule has 0 aromatic rings. The molecule has 50 heavy (non-hydrogen) atoms. The first-order valence-electron chi connectivity index (χ1n) is 18.9. The van der Waals surface area contributed by atoms with Crippen molar-refractivity contribution in [2.75, 3.05) is 19.0 Å². The van der Waals surface area contributed by atoms with E-state index in [1.807, 2.05) is 0 Å². The average molecular weight is 735 g/mol. The van der Waals surface area contributed by atoms with Crippen molar-refractivity contribution in [3.05, 3.63) is 24.3 Å². The van der Waals surface area contributed by atoms with Crippen LogP contribution in [0.3, 0.4) is 0 Å². The van der Waals surface area contributed by atoms with E-state index < -0.39 is 71.2 Å². The lowest BCUT2D eigenvalue weighted by Crippen LogP contribution is -2.60. The molecule has 292 valence electrons. The standard InChI is InChI=1S/C37H66O12S/c1-3-5-7-9-11-13-14-15-16-17-18-20-22-24-26-33(39)48-30(27-46-32(38)25-23-21-19-12-10-8-6-4-2)28-47-37-36(42)35(41)34(40)31(49-37)29-50(43,44)45/h9,11,14-15,30-31,34-37,40-42H,3-8,10,12-13,16-29H2,1-2H3,(H,43,44,45)/b11-9+,15-14+/t30-,31-,34-,35?,36?,37+/m1/s1. The third-order valence-electron chi connectivity index (χ3n) is 8.53. The number of hydrogen-bond acceptors (Lipinski definition) is 11. The van der Waals surface area contributed by atoms with Crippen molar-refractivity contribution < 1.29 is 56.8 Å². The van der Waals surface area contributed by atoms with Crippen molar-refractivity contribution in [1.82, 2.24) is 0 Å². The molecular formula is C37H66O12S. The summed E-state index contributed by atoms with van der Waals surface area (Å²) in [6, 6.07) is 0. The molecule has 1 rings (SSSR count). The maximum absolute atomic E-state index is 12.7. The van der Waals surface area contributed by atoms with Gasteiger partial charge < -0.3 is 34.3 Å². The van der Waals surface area contributed by atoms with Crippen LogP contribution in [0.15, 0.2) is 24.3 Å². The van der Waals surface area contributed by atoms with E-state index in [0.29, 0.717) is 12.8 Å². The summed E-state index contributed by atoms with van der Waals surface area (Å²) in [7, 11) is -4.59. The summed E-state index contributed by atoms with van der Waals surface area (Å²) in [5.41, 5.74) is 0. The van der Waals surface area contributed by atoms with Crippen molar-refractivity contribution >= 4 is 22.1 Å². The van der Waals surface area contributed by atoms with Crippen LogP contribution < -0.4 is 0 Å². The predicted molar refractivity (Wildman–Crippen MR) is 192 cm³/mol. The van der Waals surface area contributed by atoms with Crippen LogP contribution in [0.1, 0.15) is 142 Å². The molecule has 1 fully saturated rings. The van der Waals surface area contributed by atoms with Crippen LogP contribution in [-0.2, 0) is 38.7 Å². The molecule has 2 unspecified atom stereocenters. The largest absolute Gasteiger partial charge is 0.462 e. The molecule has 0 aliphatic carbocycles. The normalized spacial score (nSPS) is 21.9. The third kappa shape index (κ3) is 23.6. The van der Waals surface area contributed by atoms with Crippen LogP contribution in [0.5, 0.6) is 0 Å². The molecule has 1 saturated heterocycles. The Balaban J connectivity index is 2.54. The van der Waals surface area contributed by atoms with Crippen molar-refractivity contribution in [3.8, 4) is 0 Å². The lowest BCUT2D eigenvalue weighted by Gasteiger charge is -2.40. The van der Waals surface area contributed by atoms with Crippen molar-refractivity contribution in [2.24, 2.45) is 0 Å². The van der Waals surface area contributed by atoms with E-state index in [-0.39, 0.29) is 19.4 Å². The number of unbranched alkanes of at least 4 members (excludes halogenated alkanes) is 14. The lowest BCUT2D eigenvalue weighted by atomic mass is 10.00. The van der Waals surface area contributed by atoms with Crippen molar-refractivity contribution in [2.45, 2.75) is 179 Å². The van der Waals surface area contributed by atoms with Crippen LogP contribution in [-0.4, -0.2) is 96.0 Å². The molecule has 4 N–H and O–H groups in total. The monoisotopic (exact) mass is 734 g/mol. The van der Waals surface area contributed by atoms with Gasteiger partial charge in [-0.05, 0) is 38.5 Å². The number of esters is 2. The van der Waals surface area contributed by atoms with Gasteiger partial charge in [-0.2, -0.15) is 8.42 Å². The minimum absolute atomic E-state index is 0.150. The van der Waals surface area contributed by atoms with E-state index in [9.17, 15) is 37.9 Å². The minimum atomic E-state index is -4.59. The molecule has 0 saturated carbocycles. The van der Waals surface area contributed by atoms with Gasteiger partial charge in [0.25, 0.3) is 10.1 Å². The summed E-state index contributed by atoms with van der Waals surface area (Å²) >= 11 is 0. The Kier molecular flexibility index (Phi) is 26.5. The van der Waals surface area contributed by atoms with Gasteiger partial charge in [-0.1, -0.05) is 115 Å². The Bertz CT molecular complexity index is 1050. The van der Waals surface area contributed by atoms with Crippen LogP contribution >= 0.6 is 0 Å². The summed E-state index contributed by atoms with van der Waals surface area (Å²) in [5.74, 6) is -2.01. The summed E-state index contributed by atoms with van der Waals surface area (Å²) in [5, 5.41) is 30.7. The Labute approximate surface area is 300 Å². The first-order chi connectivity index (χ1) is 24.0. The number of ether oxygens (including phenoxy) is 4. The first-order valence-corrected chi connectivity index (χ1v) is 20.5. The minimum Gasteiger partial charge on any atom is -0.462 e. The van der Waals surface area contributed by atoms with Crippen LogP contribution in [0.4, 0.5) is 0 Å². The zero-order valence-electron chi connectivity index (χ0n) is 30.5. The Morgan fingerprint density at radius 1 is 0.680 bits per heavy atom. The SMILES string of the molecule is CCCC/C=C/C/C=C/CCCCCCCC(=O)O[C@H](COC(=O)CCCCCCCCCC)CO[C@H]1O[C@H](CS(=O)(=O)O)[C@@H](O)C(O)C1O. The average Bonchev–Trinajstić information content (AvgIpc) is 3.07. The molecule has 1 aliphatic heterocycles. The number of hydrogen-bond donors (Lipinski definition) is 4. The Hall–Kier alpha value is -1.87. The summed E-state index contributed by atoms with van der Waals surface area (Å²) in [4.78, 5) is 25.1. The number of rotatable bonds is 30. The highest BCUT2D eigenvalue weighted by molar-refractivity contribution is 7.85. The first kappa shape index (κ1) is 46.2. The van der Waals surface area contributed by atoms with Gasteiger partial charge in [0.2, 0.25) is 0 Å². The van der Waals surface area contributed by atoms with E-state index in [0.717, 1.165) is 64.2 Å².